The number of para-hydroxylation sites is 2. The molecule has 0 aliphatic carbocycles. The predicted molar refractivity (Wildman–Crippen MR) is 213 cm³/mol. The maximum atomic E-state index is 5.25. The lowest BCUT2D eigenvalue weighted by Crippen LogP contribution is -1.97. The van der Waals surface area contributed by atoms with Crippen LogP contribution in [-0.2, 0) is 0 Å². The molecule has 0 N–H and O–H groups in total. The Bertz CT molecular complexity index is 2830. The van der Waals surface area contributed by atoms with Crippen molar-refractivity contribution in [3.05, 3.63) is 188 Å². The van der Waals surface area contributed by atoms with Crippen LogP contribution < -0.4 is 0 Å². The molecule has 0 atom stereocenters. The van der Waals surface area contributed by atoms with Crippen LogP contribution >= 0.6 is 0 Å². The van der Waals surface area contributed by atoms with Gasteiger partial charge < -0.3 is 0 Å². The molecule has 0 saturated heterocycles. The SMILES string of the molecule is c1ccc(-c2cc(-c3ccccc3)cc(-c3ccc4c(c3)c3nc5ccccc5nc3n4-c3ccc4c(-c5ccccc5)cccc4c3)c2)cc1. The van der Waals surface area contributed by atoms with Crippen LogP contribution in [0.2, 0.25) is 0 Å². The van der Waals surface area contributed by atoms with E-state index in [9.17, 15) is 0 Å². The second-order valence-electron chi connectivity index (χ2n) is 13.1. The van der Waals surface area contributed by atoms with Gasteiger partial charge in [-0.05, 0) is 110 Å². The highest BCUT2D eigenvalue weighted by atomic mass is 15.1. The first-order chi connectivity index (χ1) is 25.3. The van der Waals surface area contributed by atoms with E-state index < -0.39 is 0 Å². The lowest BCUT2D eigenvalue weighted by Gasteiger charge is -2.13. The van der Waals surface area contributed by atoms with E-state index in [1.165, 1.54) is 44.2 Å². The highest BCUT2D eigenvalue weighted by molar-refractivity contribution is 6.09. The Labute approximate surface area is 295 Å². The number of hydrogen-bond acceptors (Lipinski definition) is 2. The Morgan fingerprint density at radius 3 is 1.61 bits per heavy atom. The fourth-order valence-corrected chi connectivity index (χ4v) is 7.47. The molecule has 2 aromatic heterocycles. The van der Waals surface area contributed by atoms with Crippen LogP contribution in [0.5, 0.6) is 0 Å². The molecule has 238 valence electrons. The van der Waals surface area contributed by atoms with Gasteiger partial charge in [0.05, 0.1) is 16.6 Å². The molecule has 0 radical (unpaired) electrons. The minimum absolute atomic E-state index is 0.849. The molecule has 0 bridgehead atoms. The smallest absolute Gasteiger partial charge is 0.165 e. The van der Waals surface area contributed by atoms with Crippen molar-refractivity contribution in [3.63, 3.8) is 0 Å². The standard InChI is InChI=1S/C48H31N3/c1-4-13-32(14-5-1)37-27-38(33-15-6-2-7-16-33)29-39(28-37)35-23-26-46-43(31-35)47-48(50-45-22-11-10-21-44(45)49-47)51(46)40-24-25-42-36(30-40)19-12-20-41(42)34-17-8-3-9-18-34/h1-31H. The normalized spacial score (nSPS) is 11.5. The summed E-state index contributed by atoms with van der Waals surface area (Å²) in [4.78, 5) is 10.5. The van der Waals surface area contributed by atoms with Gasteiger partial charge in [0.15, 0.2) is 5.65 Å². The third kappa shape index (κ3) is 5.06. The first-order valence-corrected chi connectivity index (χ1v) is 17.3. The largest absolute Gasteiger partial charge is 0.293 e. The summed E-state index contributed by atoms with van der Waals surface area (Å²) in [6.07, 6.45) is 0. The molecule has 0 saturated carbocycles. The van der Waals surface area contributed by atoms with E-state index in [1.807, 2.05) is 24.3 Å². The monoisotopic (exact) mass is 649 g/mol. The molecule has 0 aliphatic heterocycles. The van der Waals surface area contributed by atoms with Gasteiger partial charge in [0, 0.05) is 11.1 Å². The molecule has 0 unspecified atom stereocenters. The minimum atomic E-state index is 0.849. The lowest BCUT2D eigenvalue weighted by atomic mass is 9.93. The van der Waals surface area contributed by atoms with Crippen LogP contribution in [0.15, 0.2) is 188 Å². The second-order valence-corrected chi connectivity index (χ2v) is 13.1. The van der Waals surface area contributed by atoms with Gasteiger partial charge in [-0.15, -0.1) is 0 Å². The van der Waals surface area contributed by atoms with Gasteiger partial charge in [-0.1, -0.05) is 133 Å². The lowest BCUT2D eigenvalue weighted by molar-refractivity contribution is 1.14. The number of nitrogens with zero attached hydrogens (tertiary/aromatic N) is 3. The van der Waals surface area contributed by atoms with Crippen LogP contribution in [0.3, 0.4) is 0 Å². The molecule has 0 amide bonds. The summed E-state index contributed by atoms with van der Waals surface area (Å²) in [6.45, 7) is 0. The minimum Gasteiger partial charge on any atom is -0.293 e. The van der Waals surface area contributed by atoms with E-state index in [-0.39, 0.29) is 0 Å². The third-order valence-corrected chi connectivity index (χ3v) is 9.94. The zero-order chi connectivity index (χ0) is 33.7. The summed E-state index contributed by atoms with van der Waals surface area (Å²) in [5.74, 6) is 0. The first-order valence-electron chi connectivity index (χ1n) is 17.3. The van der Waals surface area contributed by atoms with Crippen LogP contribution in [-0.4, -0.2) is 14.5 Å². The van der Waals surface area contributed by atoms with Crippen LogP contribution in [0.4, 0.5) is 0 Å². The Kier molecular flexibility index (Phi) is 6.81. The number of rotatable bonds is 5. The summed E-state index contributed by atoms with van der Waals surface area (Å²) < 4.78 is 2.28. The molecule has 2 heterocycles. The highest BCUT2D eigenvalue weighted by Crippen LogP contribution is 2.38. The van der Waals surface area contributed by atoms with Crippen LogP contribution in [0, 0.1) is 0 Å². The summed E-state index contributed by atoms with van der Waals surface area (Å²) in [7, 11) is 0. The quantitative estimate of drug-likeness (QED) is 0.186. The van der Waals surface area contributed by atoms with Crippen LogP contribution in [0.25, 0.3) is 94.1 Å². The van der Waals surface area contributed by atoms with Gasteiger partial charge in [0.1, 0.15) is 5.52 Å². The third-order valence-electron chi connectivity index (χ3n) is 9.94. The molecular weight excluding hydrogens is 619 g/mol. The van der Waals surface area contributed by atoms with Gasteiger partial charge >= 0.3 is 0 Å². The summed E-state index contributed by atoms with van der Waals surface area (Å²) in [5, 5.41) is 3.48. The first kappa shape index (κ1) is 29.1. The van der Waals surface area contributed by atoms with Gasteiger partial charge in [-0.25, -0.2) is 9.97 Å². The molecule has 51 heavy (non-hydrogen) atoms. The molecule has 0 spiro atoms. The number of benzene rings is 8. The Balaban J connectivity index is 1.20. The summed E-state index contributed by atoms with van der Waals surface area (Å²) in [6, 6.07) is 66.9. The average Bonchev–Trinajstić information content (AvgIpc) is 3.52. The molecule has 10 rings (SSSR count). The topological polar surface area (TPSA) is 30.7 Å². The van der Waals surface area contributed by atoms with E-state index in [4.69, 9.17) is 9.97 Å². The fourth-order valence-electron chi connectivity index (χ4n) is 7.47. The van der Waals surface area contributed by atoms with Crippen molar-refractivity contribution >= 4 is 43.9 Å². The van der Waals surface area contributed by atoms with Crippen molar-refractivity contribution in [2.24, 2.45) is 0 Å². The molecule has 0 fully saturated rings. The van der Waals surface area contributed by atoms with Gasteiger partial charge in [-0.2, -0.15) is 0 Å². The maximum Gasteiger partial charge on any atom is 0.165 e. The van der Waals surface area contributed by atoms with Crippen molar-refractivity contribution in [3.8, 4) is 50.2 Å². The average molecular weight is 650 g/mol. The van der Waals surface area contributed by atoms with Crippen molar-refractivity contribution < 1.29 is 0 Å². The van der Waals surface area contributed by atoms with E-state index in [2.05, 4.69) is 168 Å². The molecule has 3 heteroatoms. The van der Waals surface area contributed by atoms with Crippen molar-refractivity contribution in [1.82, 2.24) is 14.5 Å². The van der Waals surface area contributed by atoms with Gasteiger partial charge in [0.2, 0.25) is 0 Å². The Morgan fingerprint density at radius 1 is 0.353 bits per heavy atom. The number of aromatic nitrogens is 3. The number of hydrogen-bond donors (Lipinski definition) is 0. The van der Waals surface area contributed by atoms with Crippen LogP contribution in [0.1, 0.15) is 0 Å². The zero-order valence-electron chi connectivity index (χ0n) is 27.7. The van der Waals surface area contributed by atoms with Crippen molar-refractivity contribution in [2.75, 3.05) is 0 Å². The van der Waals surface area contributed by atoms with Crippen molar-refractivity contribution in [2.45, 2.75) is 0 Å². The Hall–Kier alpha value is -6.84. The van der Waals surface area contributed by atoms with Gasteiger partial charge in [-0.3, -0.25) is 4.57 Å². The molecule has 0 aliphatic rings. The van der Waals surface area contributed by atoms with Crippen molar-refractivity contribution in [1.29, 1.82) is 0 Å². The van der Waals surface area contributed by atoms with E-state index in [1.54, 1.807) is 0 Å². The maximum absolute atomic E-state index is 5.25. The molecule has 8 aromatic carbocycles. The summed E-state index contributed by atoms with van der Waals surface area (Å²) >= 11 is 0. The number of fused-ring (bicyclic) bond motifs is 5. The Morgan fingerprint density at radius 2 is 0.941 bits per heavy atom. The van der Waals surface area contributed by atoms with E-state index in [0.29, 0.717) is 0 Å². The predicted octanol–water partition coefficient (Wildman–Crippen LogP) is 12.5. The second kappa shape index (κ2) is 11.9. The molecular formula is C48H31N3. The highest BCUT2D eigenvalue weighted by Gasteiger charge is 2.18. The van der Waals surface area contributed by atoms with Gasteiger partial charge in [0.25, 0.3) is 0 Å². The zero-order valence-corrected chi connectivity index (χ0v) is 27.7. The summed E-state index contributed by atoms with van der Waals surface area (Å²) in [5.41, 5.74) is 15.1. The molecule has 3 nitrogen and oxygen atoms in total. The molecule has 10 aromatic rings. The van der Waals surface area contributed by atoms with E-state index in [0.717, 1.165) is 49.9 Å². The fraction of sp³-hybridized carbons (Fsp3) is 0. The van der Waals surface area contributed by atoms with E-state index >= 15 is 0 Å².